The fourth-order valence-corrected chi connectivity index (χ4v) is 1.31. The minimum Gasteiger partial charge on any atom is -0.308 e. The number of Topliss-reactive ketones (excluding diaryl/α,β-unsaturated/α-hetero) is 1. The van der Waals surface area contributed by atoms with Crippen molar-refractivity contribution in [2.45, 2.75) is 39.3 Å². The monoisotopic (exact) mass is 209 g/mol. The van der Waals surface area contributed by atoms with Gasteiger partial charge in [0.2, 0.25) is 0 Å². The van der Waals surface area contributed by atoms with Crippen LogP contribution in [0.2, 0.25) is 0 Å². The van der Waals surface area contributed by atoms with Gasteiger partial charge in [0.25, 0.3) is 0 Å². The zero-order valence-electron chi connectivity index (χ0n) is 9.87. The van der Waals surface area contributed by atoms with Crippen LogP contribution in [0.15, 0.2) is 12.4 Å². The predicted octanol–water partition coefficient (Wildman–Crippen LogP) is 1.47. The van der Waals surface area contributed by atoms with E-state index in [9.17, 15) is 4.79 Å². The van der Waals surface area contributed by atoms with Crippen molar-refractivity contribution in [3.8, 4) is 0 Å². The topological polar surface area (TPSA) is 46.9 Å². The summed E-state index contributed by atoms with van der Waals surface area (Å²) in [6.45, 7) is 6.67. The van der Waals surface area contributed by atoms with Crippen LogP contribution in [0.1, 0.15) is 37.6 Å². The van der Waals surface area contributed by atoms with Gasteiger partial charge in [-0.15, -0.1) is 0 Å². The van der Waals surface area contributed by atoms with Crippen LogP contribution in [0.3, 0.4) is 0 Å². The molecule has 0 amide bonds. The highest BCUT2D eigenvalue weighted by atomic mass is 16.1. The molecule has 1 heterocycles. The molecule has 84 valence electrons. The van der Waals surface area contributed by atoms with Crippen molar-refractivity contribution in [1.29, 1.82) is 0 Å². The third-order valence-corrected chi connectivity index (χ3v) is 2.54. The summed E-state index contributed by atoms with van der Waals surface area (Å²) in [5, 5.41) is 7.14. The molecule has 0 saturated carbocycles. The Balaban J connectivity index is 2.83. The molecular weight excluding hydrogens is 190 g/mol. The molecule has 0 aliphatic rings. The summed E-state index contributed by atoms with van der Waals surface area (Å²) in [6.07, 6.45) is 4.47. The van der Waals surface area contributed by atoms with Crippen molar-refractivity contribution in [2.24, 2.45) is 0 Å². The van der Waals surface area contributed by atoms with E-state index in [1.54, 1.807) is 17.9 Å². The average molecular weight is 209 g/mol. The van der Waals surface area contributed by atoms with Gasteiger partial charge in [-0.3, -0.25) is 9.48 Å². The first-order valence-electron chi connectivity index (χ1n) is 5.27. The van der Waals surface area contributed by atoms with Crippen molar-refractivity contribution in [3.05, 3.63) is 18.0 Å². The van der Waals surface area contributed by atoms with Gasteiger partial charge in [0, 0.05) is 12.7 Å². The maximum atomic E-state index is 12.0. The molecule has 0 spiro atoms. The van der Waals surface area contributed by atoms with Crippen molar-refractivity contribution in [1.82, 2.24) is 15.1 Å². The lowest BCUT2D eigenvalue weighted by Crippen LogP contribution is -2.44. The minimum absolute atomic E-state index is 0.0763. The molecule has 1 rings (SSSR count). The molecule has 15 heavy (non-hydrogen) atoms. The summed E-state index contributed by atoms with van der Waals surface area (Å²) in [6, 6.07) is 0. The standard InChI is InChI=1S/C11H19N3O/c1-5-6-14-8-9(7-13-14)10(15)11(2,3)12-4/h7-8,12H,5-6H2,1-4H3. The Morgan fingerprint density at radius 3 is 2.80 bits per heavy atom. The molecular formula is C11H19N3O. The Labute approximate surface area is 90.7 Å². The Kier molecular flexibility index (Phi) is 3.63. The van der Waals surface area contributed by atoms with Gasteiger partial charge in [-0.05, 0) is 27.3 Å². The van der Waals surface area contributed by atoms with Gasteiger partial charge in [0.15, 0.2) is 5.78 Å². The zero-order valence-corrected chi connectivity index (χ0v) is 9.87. The number of hydrogen-bond acceptors (Lipinski definition) is 3. The van der Waals surface area contributed by atoms with Crippen LogP contribution in [0, 0.1) is 0 Å². The van der Waals surface area contributed by atoms with Crippen molar-refractivity contribution in [3.63, 3.8) is 0 Å². The number of rotatable bonds is 5. The summed E-state index contributed by atoms with van der Waals surface area (Å²) in [4.78, 5) is 12.0. The van der Waals surface area contributed by atoms with Gasteiger partial charge >= 0.3 is 0 Å². The van der Waals surface area contributed by atoms with E-state index in [2.05, 4.69) is 17.3 Å². The molecule has 0 bridgehead atoms. The Morgan fingerprint density at radius 2 is 2.27 bits per heavy atom. The Bertz CT molecular complexity index is 341. The summed E-state index contributed by atoms with van der Waals surface area (Å²) < 4.78 is 1.80. The lowest BCUT2D eigenvalue weighted by atomic mass is 9.95. The lowest BCUT2D eigenvalue weighted by Gasteiger charge is -2.21. The van der Waals surface area contributed by atoms with Crippen LogP contribution in [-0.2, 0) is 6.54 Å². The molecule has 0 radical (unpaired) electrons. The van der Waals surface area contributed by atoms with Crippen molar-refractivity contribution in [2.75, 3.05) is 7.05 Å². The van der Waals surface area contributed by atoms with E-state index in [0.717, 1.165) is 13.0 Å². The SMILES string of the molecule is CCCn1cc(C(=O)C(C)(C)NC)cn1. The highest BCUT2D eigenvalue weighted by molar-refractivity contribution is 6.02. The van der Waals surface area contributed by atoms with Crippen LogP contribution in [0.4, 0.5) is 0 Å². The van der Waals surface area contributed by atoms with Crippen LogP contribution in [-0.4, -0.2) is 28.2 Å². The van der Waals surface area contributed by atoms with E-state index < -0.39 is 5.54 Å². The summed E-state index contributed by atoms with van der Waals surface area (Å²) in [5.74, 6) is 0.0763. The third kappa shape index (κ3) is 2.65. The fraction of sp³-hybridized carbons (Fsp3) is 0.636. The van der Waals surface area contributed by atoms with E-state index in [0.29, 0.717) is 5.56 Å². The molecule has 0 unspecified atom stereocenters. The number of nitrogens with one attached hydrogen (secondary N) is 1. The molecule has 1 N–H and O–H groups in total. The second kappa shape index (κ2) is 4.57. The van der Waals surface area contributed by atoms with Gasteiger partial charge in [-0.2, -0.15) is 5.10 Å². The number of carbonyl (C=O) groups excluding carboxylic acids is 1. The Hall–Kier alpha value is -1.16. The number of carbonyl (C=O) groups is 1. The second-order valence-corrected chi connectivity index (χ2v) is 4.20. The first kappa shape index (κ1) is 11.9. The van der Waals surface area contributed by atoms with E-state index in [4.69, 9.17) is 0 Å². The third-order valence-electron chi connectivity index (χ3n) is 2.54. The van der Waals surface area contributed by atoms with Gasteiger partial charge in [0.05, 0.1) is 17.3 Å². The molecule has 1 aromatic heterocycles. The van der Waals surface area contributed by atoms with E-state index in [1.807, 2.05) is 20.0 Å². The maximum Gasteiger partial charge on any atom is 0.185 e. The number of likely N-dealkylation sites (N-methyl/N-ethyl adjacent to an activating group) is 1. The van der Waals surface area contributed by atoms with E-state index in [1.165, 1.54) is 0 Å². The van der Waals surface area contributed by atoms with Gasteiger partial charge in [-0.25, -0.2) is 0 Å². The molecule has 1 aromatic rings. The normalized spacial score (nSPS) is 11.7. The highest BCUT2D eigenvalue weighted by Crippen LogP contribution is 2.11. The fourth-order valence-electron chi connectivity index (χ4n) is 1.31. The Morgan fingerprint density at radius 1 is 1.60 bits per heavy atom. The largest absolute Gasteiger partial charge is 0.308 e. The van der Waals surface area contributed by atoms with Crippen molar-refractivity contribution < 1.29 is 4.79 Å². The molecule has 4 heteroatoms. The van der Waals surface area contributed by atoms with Gasteiger partial charge in [0.1, 0.15) is 0 Å². The molecule has 0 fully saturated rings. The molecule has 0 aliphatic carbocycles. The predicted molar refractivity (Wildman–Crippen MR) is 60.0 cm³/mol. The molecule has 0 saturated heterocycles. The first-order chi connectivity index (χ1) is 7.01. The minimum atomic E-state index is -0.528. The van der Waals surface area contributed by atoms with Gasteiger partial charge in [-0.1, -0.05) is 6.92 Å². The smallest absolute Gasteiger partial charge is 0.185 e. The van der Waals surface area contributed by atoms with E-state index in [-0.39, 0.29) is 5.78 Å². The number of ketones is 1. The summed E-state index contributed by atoms with van der Waals surface area (Å²) in [7, 11) is 1.79. The van der Waals surface area contributed by atoms with Gasteiger partial charge < -0.3 is 5.32 Å². The van der Waals surface area contributed by atoms with Crippen LogP contribution in [0.25, 0.3) is 0 Å². The van der Waals surface area contributed by atoms with Crippen LogP contribution in [0.5, 0.6) is 0 Å². The second-order valence-electron chi connectivity index (χ2n) is 4.20. The molecule has 0 aromatic carbocycles. The summed E-state index contributed by atoms with van der Waals surface area (Å²) >= 11 is 0. The number of hydrogen-bond donors (Lipinski definition) is 1. The lowest BCUT2D eigenvalue weighted by molar-refractivity contribution is 0.0889. The number of nitrogens with zero attached hydrogens (tertiary/aromatic N) is 2. The first-order valence-corrected chi connectivity index (χ1v) is 5.27. The quantitative estimate of drug-likeness (QED) is 0.747. The molecule has 0 atom stereocenters. The maximum absolute atomic E-state index is 12.0. The zero-order chi connectivity index (χ0) is 11.5. The number of aromatic nitrogens is 2. The highest BCUT2D eigenvalue weighted by Gasteiger charge is 2.27. The molecule has 0 aliphatic heterocycles. The summed E-state index contributed by atoms with van der Waals surface area (Å²) in [5.41, 5.74) is 0.142. The number of aryl methyl sites for hydroxylation is 1. The average Bonchev–Trinajstić information content (AvgIpc) is 2.66. The van der Waals surface area contributed by atoms with Crippen LogP contribution < -0.4 is 5.32 Å². The molecule has 4 nitrogen and oxygen atoms in total. The van der Waals surface area contributed by atoms with E-state index >= 15 is 0 Å². The van der Waals surface area contributed by atoms with Crippen LogP contribution >= 0.6 is 0 Å². The van der Waals surface area contributed by atoms with Crippen molar-refractivity contribution >= 4 is 5.78 Å².